The Morgan fingerprint density at radius 3 is 2.80 bits per heavy atom. The second-order valence-electron chi connectivity index (χ2n) is 3.58. The van der Waals surface area contributed by atoms with E-state index >= 15 is 0 Å². The Bertz CT molecular complexity index is 259. The largest absolute Gasteiger partial charge is 0.492 e. The maximum atomic E-state index is 5.55. The van der Waals surface area contributed by atoms with Crippen molar-refractivity contribution in [2.75, 3.05) is 13.2 Å². The molecule has 1 heterocycles. The van der Waals surface area contributed by atoms with Gasteiger partial charge >= 0.3 is 0 Å². The van der Waals surface area contributed by atoms with Crippen LogP contribution in [0.1, 0.15) is 31.9 Å². The normalized spacial score (nSPS) is 10.3. The molecule has 0 spiro atoms. The predicted molar refractivity (Wildman–Crippen MR) is 62.0 cm³/mol. The Morgan fingerprint density at radius 1 is 1.33 bits per heavy atom. The van der Waals surface area contributed by atoms with E-state index in [1.54, 1.807) is 6.20 Å². The van der Waals surface area contributed by atoms with Crippen molar-refractivity contribution < 1.29 is 4.74 Å². The molecule has 15 heavy (non-hydrogen) atoms. The number of nitrogens with zero attached hydrogens (tertiary/aromatic N) is 1. The van der Waals surface area contributed by atoms with Crippen molar-refractivity contribution in [3.8, 4) is 5.75 Å². The SMILES string of the molecule is CCCCCOc1ccc(CCN)nc1. The topological polar surface area (TPSA) is 48.1 Å². The molecule has 0 bridgehead atoms. The number of hydrogen-bond donors (Lipinski definition) is 1. The van der Waals surface area contributed by atoms with Crippen LogP contribution in [0.4, 0.5) is 0 Å². The lowest BCUT2D eigenvalue weighted by molar-refractivity contribution is 0.305. The smallest absolute Gasteiger partial charge is 0.137 e. The first-order valence-corrected chi connectivity index (χ1v) is 5.64. The Morgan fingerprint density at radius 2 is 2.20 bits per heavy atom. The van der Waals surface area contributed by atoms with E-state index in [1.165, 1.54) is 12.8 Å². The van der Waals surface area contributed by atoms with Gasteiger partial charge in [0.1, 0.15) is 5.75 Å². The van der Waals surface area contributed by atoms with Crippen LogP contribution in [0.3, 0.4) is 0 Å². The van der Waals surface area contributed by atoms with Crippen LogP contribution in [0.2, 0.25) is 0 Å². The minimum Gasteiger partial charge on any atom is -0.492 e. The quantitative estimate of drug-likeness (QED) is 0.698. The molecule has 0 amide bonds. The molecule has 3 heteroatoms. The molecular formula is C12H20N2O. The molecule has 0 saturated carbocycles. The summed E-state index contributed by atoms with van der Waals surface area (Å²) in [6, 6.07) is 3.94. The number of hydrogen-bond acceptors (Lipinski definition) is 3. The van der Waals surface area contributed by atoms with Crippen LogP contribution >= 0.6 is 0 Å². The Labute approximate surface area is 91.7 Å². The molecule has 0 aliphatic carbocycles. The minimum absolute atomic E-state index is 0.643. The van der Waals surface area contributed by atoms with Crippen LogP contribution in [0.15, 0.2) is 18.3 Å². The van der Waals surface area contributed by atoms with Crippen molar-refractivity contribution in [3.63, 3.8) is 0 Å². The van der Waals surface area contributed by atoms with Gasteiger partial charge in [0.25, 0.3) is 0 Å². The number of unbranched alkanes of at least 4 members (excludes halogenated alkanes) is 2. The van der Waals surface area contributed by atoms with Gasteiger partial charge in [-0.2, -0.15) is 0 Å². The van der Waals surface area contributed by atoms with Gasteiger partial charge in [0.2, 0.25) is 0 Å². The summed E-state index contributed by atoms with van der Waals surface area (Å²) in [6.45, 7) is 3.61. The zero-order valence-corrected chi connectivity index (χ0v) is 9.41. The molecule has 0 atom stereocenters. The summed E-state index contributed by atoms with van der Waals surface area (Å²) in [5.74, 6) is 0.854. The Hall–Kier alpha value is -1.09. The monoisotopic (exact) mass is 208 g/mol. The van der Waals surface area contributed by atoms with Crippen molar-refractivity contribution >= 4 is 0 Å². The molecule has 0 aliphatic rings. The molecule has 2 N–H and O–H groups in total. The van der Waals surface area contributed by atoms with Crippen molar-refractivity contribution in [1.82, 2.24) is 4.98 Å². The van der Waals surface area contributed by atoms with Crippen molar-refractivity contribution in [1.29, 1.82) is 0 Å². The fourth-order valence-electron chi connectivity index (χ4n) is 1.33. The van der Waals surface area contributed by atoms with Crippen molar-refractivity contribution in [3.05, 3.63) is 24.0 Å². The third kappa shape index (κ3) is 4.79. The highest BCUT2D eigenvalue weighted by Crippen LogP contribution is 2.10. The number of rotatable bonds is 7. The van der Waals surface area contributed by atoms with Gasteiger partial charge in [0, 0.05) is 12.1 Å². The van der Waals surface area contributed by atoms with Crippen LogP contribution in [0.25, 0.3) is 0 Å². The molecule has 84 valence electrons. The molecule has 3 nitrogen and oxygen atoms in total. The van der Waals surface area contributed by atoms with Gasteiger partial charge in [-0.1, -0.05) is 19.8 Å². The lowest BCUT2D eigenvalue weighted by Gasteiger charge is -2.05. The van der Waals surface area contributed by atoms with Gasteiger partial charge in [-0.15, -0.1) is 0 Å². The number of aromatic nitrogens is 1. The zero-order chi connectivity index (χ0) is 10.9. The Balaban J connectivity index is 2.29. The summed E-state index contributed by atoms with van der Waals surface area (Å²) >= 11 is 0. The van der Waals surface area contributed by atoms with Gasteiger partial charge in [0.05, 0.1) is 12.8 Å². The van der Waals surface area contributed by atoms with Gasteiger partial charge in [-0.05, 0) is 25.1 Å². The van der Waals surface area contributed by atoms with Gasteiger partial charge in [-0.25, -0.2) is 0 Å². The number of pyridine rings is 1. The fourth-order valence-corrected chi connectivity index (χ4v) is 1.33. The predicted octanol–water partition coefficient (Wildman–Crippen LogP) is 2.15. The molecule has 0 aromatic carbocycles. The van der Waals surface area contributed by atoms with E-state index < -0.39 is 0 Å². The summed E-state index contributed by atoms with van der Waals surface area (Å²) in [6.07, 6.45) is 6.16. The van der Waals surface area contributed by atoms with E-state index in [4.69, 9.17) is 10.5 Å². The standard InChI is InChI=1S/C12H20N2O/c1-2-3-4-9-15-12-6-5-11(7-8-13)14-10-12/h5-6,10H,2-4,7-9,13H2,1H3. The van der Waals surface area contributed by atoms with Crippen LogP contribution in [0.5, 0.6) is 5.75 Å². The first-order valence-electron chi connectivity index (χ1n) is 5.64. The second-order valence-corrected chi connectivity index (χ2v) is 3.58. The van der Waals surface area contributed by atoms with Gasteiger partial charge in [0.15, 0.2) is 0 Å². The van der Waals surface area contributed by atoms with Gasteiger partial charge < -0.3 is 10.5 Å². The summed E-state index contributed by atoms with van der Waals surface area (Å²) in [4.78, 5) is 4.26. The maximum absolute atomic E-state index is 5.55. The summed E-state index contributed by atoms with van der Waals surface area (Å²) < 4.78 is 5.55. The average Bonchev–Trinajstić information content (AvgIpc) is 2.27. The lowest BCUT2D eigenvalue weighted by atomic mass is 10.2. The van der Waals surface area contributed by atoms with E-state index in [2.05, 4.69) is 11.9 Å². The highest BCUT2D eigenvalue weighted by molar-refractivity contribution is 5.19. The molecule has 1 aromatic rings. The zero-order valence-electron chi connectivity index (χ0n) is 9.41. The van der Waals surface area contributed by atoms with Crippen LogP contribution in [-0.4, -0.2) is 18.1 Å². The summed E-state index contributed by atoms with van der Waals surface area (Å²) in [5.41, 5.74) is 6.47. The molecule has 0 saturated heterocycles. The summed E-state index contributed by atoms with van der Waals surface area (Å²) in [7, 11) is 0. The van der Waals surface area contributed by atoms with Crippen molar-refractivity contribution in [2.45, 2.75) is 32.6 Å². The highest BCUT2D eigenvalue weighted by Gasteiger charge is 1.96. The van der Waals surface area contributed by atoms with E-state index in [-0.39, 0.29) is 0 Å². The first-order chi connectivity index (χ1) is 7.36. The first kappa shape index (κ1) is 12.0. The van der Waals surface area contributed by atoms with E-state index in [1.807, 2.05) is 12.1 Å². The summed E-state index contributed by atoms with van der Waals surface area (Å²) in [5, 5.41) is 0. The number of ether oxygens (including phenoxy) is 1. The van der Waals surface area contributed by atoms with E-state index in [0.29, 0.717) is 6.54 Å². The third-order valence-corrected chi connectivity index (χ3v) is 2.21. The fraction of sp³-hybridized carbons (Fsp3) is 0.583. The molecule has 1 aromatic heterocycles. The molecule has 0 radical (unpaired) electrons. The van der Waals surface area contributed by atoms with Crippen LogP contribution in [0, 0.1) is 0 Å². The van der Waals surface area contributed by atoms with Gasteiger partial charge in [-0.3, -0.25) is 4.98 Å². The lowest BCUT2D eigenvalue weighted by Crippen LogP contribution is -2.04. The molecule has 0 fully saturated rings. The van der Waals surface area contributed by atoms with E-state index in [9.17, 15) is 0 Å². The number of nitrogens with two attached hydrogens (primary N) is 1. The van der Waals surface area contributed by atoms with Crippen molar-refractivity contribution in [2.24, 2.45) is 5.73 Å². The molecule has 1 rings (SSSR count). The highest BCUT2D eigenvalue weighted by atomic mass is 16.5. The second kappa shape index (κ2) is 7.23. The molecular weight excluding hydrogens is 188 g/mol. The van der Waals surface area contributed by atoms with E-state index in [0.717, 1.165) is 30.9 Å². The Kier molecular flexibility index (Phi) is 5.78. The van der Waals surface area contributed by atoms with Crippen LogP contribution in [-0.2, 0) is 6.42 Å². The molecule has 0 aliphatic heterocycles. The minimum atomic E-state index is 0.643. The average molecular weight is 208 g/mol. The maximum Gasteiger partial charge on any atom is 0.137 e. The van der Waals surface area contributed by atoms with Crippen LogP contribution < -0.4 is 10.5 Å². The molecule has 0 unspecified atom stereocenters. The third-order valence-electron chi connectivity index (χ3n) is 2.21.